The van der Waals surface area contributed by atoms with Crippen LogP contribution in [0.4, 0.5) is 0 Å². The Morgan fingerprint density at radius 3 is 2.64 bits per heavy atom. The number of amides is 2. The van der Waals surface area contributed by atoms with E-state index in [4.69, 9.17) is 0 Å². The zero-order chi connectivity index (χ0) is 15.7. The molecule has 22 heavy (non-hydrogen) atoms. The van der Waals surface area contributed by atoms with E-state index in [-0.39, 0.29) is 17.7 Å². The SMILES string of the molecule is CCN(CC)C(=O)c1cc2c(s1)CCC(C(=O)NC1CC1)C2. The second-order valence-electron chi connectivity index (χ2n) is 6.26. The highest BCUT2D eigenvalue weighted by Gasteiger charge is 2.31. The topological polar surface area (TPSA) is 49.4 Å². The molecule has 1 saturated carbocycles. The van der Waals surface area contributed by atoms with Gasteiger partial charge in [0, 0.05) is 29.9 Å². The molecule has 0 radical (unpaired) electrons. The van der Waals surface area contributed by atoms with Crippen molar-refractivity contribution in [3.8, 4) is 0 Å². The van der Waals surface area contributed by atoms with Gasteiger partial charge < -0.3 is 10.2 Å². The van der Waals surface area contributed by atoms with Crippen molar-refractivity contribution in [3.63, 3.8) is 0 Å². The van der Waals surface area contributed by atoms with Gasteiger partial charge in [-0.3, -0.25) is 9.59 Å². The van der Waals surface area contributed by atoms with Gasteiger partial charge in [-0.2, -0.15) is 0 Å². The van der Waals surface area contributed by atoms with Crippen LogP contribution in [0.1, 0.15) is 53.2 Å². The summed E-state index contributed by atoms with van der Waals surface area (Å²) in [6.07, 6.45) is 4.88. The molecule has 1 unspecified atom stereocenters. The lowest BCUT2D eigenvalue weighted by molar-refractivity contribution is -0.125. The number of carbonyl (C=O) groups is 2. The van der Waals surface area contributed by atoms with Crippen LogP contribution in [0.2, 0.25) is 0 Å². The van der Waals surface area contributed by atoms with E-state index >= 15 is 0 Å². The first kappa shape index (κ1) is 15.5. The van der Waals surface area contributed by atoms with Crippen LogP contribution in [0.15, 0.2) is 6.07 Å². The molecule has 1 aromatic heterocycles. The molecule has 1 aromatic rings. The Morgan fingerprint density at radius 2 is 2.00 bits per heavy atom. The molecule has 3 rings (SSSR count). The van der Waals surface area contributed by atoms with Gasteiger partial charge in [0.25, 0.3) is 5.91 Å². The summed E-state index contributed by atoms with van der Waals surface area (Å²) in [5.41, 5.74) is 1.21. The smallest absolute Gasteiger partial charge is 0.263 e. The normalized spacial score (nSPS) is 20.4. The predicted molar refractivity (Wildman–Crippen MR) is 88.3 cm³/mol. The Kier molecular flexibility index (Phi) is 4.52. The third-order valence-corrected chi connectivity index (χ3v) is 5.86. The van der Waals surface area contributed by atoms with Crippen LogP contribution in [0.3, 0.4) is 0 Å². The van der Waals surface area contributed by atoms with Gasteiger partial charge in [-0.05, 0) is 57.6 Å². The molecule has 2 amide bonds. The molecule has 1 heterocycles. The van der Waals surface area contributed by atoms with E-state index < -0.39 is 0 Å². The summed E-state index contributed by atoms with van der Waals surface area (Å²) in [6.45, 7) is 5.50. The van der Waals surface area contributed by atoms with Crippen molar-refractivity contribution in [1.29, 1.82) is 0 Å². The van der Waals surface area contributed by atoms with E-state index in [0.29, 0.717) is 6.04 Å². The number of fused-ring (bicyclic) bond motifs is 1. The van der Waals surface area contributed by atoms with Crippen molar-refractivity contribution in [2.24, 2.45) is 5.92 Å². The minimum atomic E-state index is 0.0825. The van der Waals surface area contributed by atoms with E-state index in [2.05, 4.69) is 5.32 Å². The summed E-state index contributed by atoms with van der Waals surface area (Å²) >= 11 is 1.62. The quantitative estimate of drug-likeness (QED) is 0.906. The molecule has 1 fully saturated rings. The lowest BCUT2D eigenvalue weighted by atomic mass is 9.87. The van der Waals surface area contributed by atoms with Crippen molar-refractivity contribution in [3.05, 3.63) is 21.4 Å². The second kappa shape index (κ2) is 6.41. The molecule has 0 saturated heterocycles. The van der Waals surface area contributed by atoms with E-state index in [1.54, 1.807) is 11.3 Å². The summed E-state index contributed by atoms with van der Waals surface area (Å²) in [6, 6.07) is 2.45. The first-order valence-corrected chi connectivity index (χ1v) is 9.15. The average Bonchev–Trinajstić information content (AvgIpc) is 3.23. The zero-order valence-electron chi connectivity index (χ0n) is 13.4. The molecule has 5 heteroatoms. The van der Waals surface area contributed by atoms with Crippen molar-refractivity contribution < 1.29 is 9.59 Å². The number of nitrogens with zero attached hydrogens (tertiary/aromatic N) is 1. The Morgan fingerprint density at radius 1 is 1.27 bits per heavy atom. The standard InChI is InChI=1S/C17H24N2O2S/c1-3-19(4-2)17(21)15-10-12-9-11(5-8-14(12)22-15)16(20)18-13-6-7-13/h10-11,13H,3-9H2,1-2H3,(H,18,20). The summed E-state index contributed by atoms with van der Waals surface area (Å²) < 4.78 is 0. The lowest BCUT2D eigenvalue weighted by Crippen LogP contribution is -2.35. The number of carbonyl (C=O) groups excluding carboxylic acids is 2. The van der Waals surface area contributed by atoms with Crippen LogP contribution in [-0.2, 0) is 17.6 Å². The molecule has 0 aliphatic heterocycles. The maximum absolute atomic E-state index is 12.5. The molecule has 1 N–H and O–H groups in total. The molecule has 0 bridgehead atoms. The van der Waals surface area contributed by atoms with Gasteiger partial charge in [0.15, 0.2) is 0 Å². The fourth-order valence-electron chi connectivity index (χ4n) is 3.07. The molecular weight excluding hydrogens is 296 g/mol. The summed E-state index contributed by atoms with van der Waals surface area (Å²) in [4.78, 5) is 28.7. The number of thiophene rings is 1. The zero-order valence-corrected chi connectivity index (χ0v) is 14.2. The van der Waals surface area contributed by atoms with Crippen LogP contribution >= 0.6 is 11.3 Å². The van der Waals surface area contributed by atoms with E-state index in [9.17, 15) is 9.59 Å². The van der Waals surface area contributed by atoms with Gasteiger partial charge in [-0.1, -0.05) is 0 Å². The summed E-state index contributed by atoms with van der Waals surface area (Å²) in [5.74, 6) is 0.415. The lowest BCUT2D eigenvalue weighted by Gasteiger charge is -2.21. The molecule has 120 valence electrons. The highest BCUT2D eigenvalue weighted by atomic mass is 32.1. The molecule has 2 aliphatic carbocycles. The Balaban J connectivity index is 1.69. The Hall–Kier alpha value is -1.36. The van der Waals surface area contributed by atoms with Gasteiger partial charge in [-0.15, -0.1) is 11.3 Å². The summed E-state index contributed by atoms with van der Waals surface area (Å²) in [7, 11) is 0. The number of hydrogen-bond acceptors (Lipinski definition) is 3. The minimum Gasteiger partial charge on any atom is -0.353 e. The highest BCUT2D eigenvalue weighted by Crippen LogP contribution is 2.33. The van der Waals surface area contributed by atoms with Crippen LogP contribution in [-0.4, -0.2) is 35.8 Å². The molecule has 4 nitrogen and oxygen atoms in total. The fourth-order valence-corrected chi connectivity index (χ4v) is 4.24. The fraction of sp³-hybridized carbons (Fsp3) is 0.647. The minimum absolute atomic E-state index is 0.0825. The predicted octanol–water partition coefficient (Wildman–Crippen LogP) is 2.61. The number of hydrogen-bond donors (Lipinski definition) is 1. The second-order valence-corrected chi connectivity index (χ2v) is 7.40. The van der Waals surface area contributed by atoms with Crippen LogP contribution in [0.5, 0.6) is 0 Å². The molecule has 1 atom stereocenters. The Labute approximate surface area is 135 Å². The van der Waals surface area contributed by atoms with E-state index in [0.717, 1.165) is 50.1 Å². The molecule has 2 aliphatic rings. The average molecular weight is 320 g/mol. The maximum atomic E-state index is 12.5. The Bertz CT molecular complexity index is 573. The van der Waals surface area contributed by atoms with Gasteiger partial charge in [0.05, 0.1) is 4.88 Å². The van der Waals surface area contributed by atoms with Crippen molar-refractivity contribution in [2.75, 3.05) is 13.1 Å². The first-order valence-electron chi connectivity index (χ1n) is 8.33. The van der Waals surface area contributed by atoms with Gasteiger partial charge in [-0.25, -0.2) is 0 Å². The molecule has 0 aromatic carbocycles. The largest absolute Gasteiger partial charge is 0.353 e. The monoisotopic (exact) mass is 320 g/mol. The number of rotatable bonds is 5. The van der Waals surface area contributed by atoms with E-state index in [1.165, 1.54) is 10.4 Å². The number of aryl methyl sites for hydroxylation is 1. The van der Waals surface area contributed by atoms with Gasteiger partial charge in [0.1, 0.15) is 0 Å². The maximum Gasteiger partial charge on any atom is 0.263 e. The third-order valence-electron chi connectivity index (χ3n) is 4.64. The highest BCUT2D eigenvalue weighted by molar-refractivity contribution is 7.14. The van der Waals surface area contributed by atoms with Crippen molar-refractivity contribution in [1.82, 2.24) is 10.2 Å². The molecular formula is C17H24N2O2S. The van der Waals surface area contributed by atoms with Gasteiger partial charge >= 0.3 is 0 Å². The van der Waals surface area contributed by atoms with Crippen molar-refractivity contribution in [2.45, 2.75) is 52.0 Å². The summed E-state index contributed by atoms with van der Waals surface area (Å²) in [5, 5.41) is 3.11. The van der Waals surface area contributed by atoms with Crippen LogP contribution in [0, 0.1) is 5.92 Å². The van der Waals surface area contributed by atoms with E-state index in [1.807, 2.05) is 24.8 Å². The molecule has 0 spiro atoms. The third kappa shape index (κ3) is 3.19. The van der Waals surface area contributed by atoms with Crippen LogP contribution < -0.4 is 5.32 Å². The van der Waals surface area contributed by atoms with Gasteiger partial charge in [0.2, 0.25) is 5.91 Å². The van der Waals surface area contributed by atoms with Crippen LogP contribution in [0.25, 0.3) is 0 Å². The number of nitrogens with one attached hydrogen (secondary N) is 1. The van der Waals surface area contributed by atoms with Crippen molar-refractivity contribution >= 4 is 23.2 Å². The first-order chi connectivity index (χ1) is 10.6.